The Bertz CT molecular complexity index is 330. The van der Waals surface area contributed by atoms with Gasteiger partial charge in [-0.05, 0) is 17.2 Å². The first-order valence-corrected chi connectivity index (χ1v) is 4.17. The summed E-state index contributed by atoms with van der Waals surface area (Å²) in [4.78, 5) is 10.6. The molecule has 0 unspecified atom stereocenters. The molecule has 0 saturated heterocycles. The molecule has 1 rings (SSSR count). The Morgan fingerprint density at radius 3 is 2.57 bits per heavy atom. The van der Waals surface area contributed by atoms with Gasteiger partial charge >= 0.3 is 0 Å². The van der Waals surface area contributed by atoms with Crippen molar-refractivity contribution in [2.45, 2.75) is 6.54 Å². The van der Waals surface area contributed by atoms with Gasteiger partial charge in [0, 0.05) is 12.6 Å². The smallest absolute Gasteiger partial charge is 0.267 e. The summed E-state index contributed by atoms with van der Waals surface area (Å²) in [7, 11) is 0. The maximum atomic E-state index is 10.6. The van der Waals surface area contributed by atoms with Gasteiger partial charge in [0.1, 0.15) is 0 Å². The third-order valence-electron chi connectivity index (χ3n) is 1.75. The average molecular weight is 192 g/mol. The van der Waals surface area contributed by atoms with Crippen LogP contribution in [0.5, 0.6) is 0 Å². The molecule has 0 atom stereocenters. The second-order valence-electron chi connectivity index (χ2n) is 2.76. The van der Waals surface area contributed by atoms with Crippen molar-refractivity contribution in [2.24, 2.45) is 5.73 Å². The van der Waals surface area contributed by atoms with Crippen LogP contribution < -0.4 is 11.2 Å². The van der Waals surface area contributed by atoms with Crippen molar-refractivity contribution in [3.8, 4) is 0 Å². The minimum atomic E-state index is -0.548. The maximum absolute atomic E-state index is 10.6. The van der Waals surface area contributed by atoms with Gasteiger partial charge < -0.3 is 5.73 Å². The van der Waals surface area contributed by atoms with Crippen LogP contribution in [0.15, 0.2) is 30.3 Å². The zero-order chi connectivity index (χ0) is 10.4. The molecule has 0 heterocycles. The summed E-state index contributed by atoms with van der Waals surface area (Å²) in [5.74, 6) is -0.548. The molecule has 0 aliphatic carbocycles. The van der Waals surface area contributed by atoms with Crippen LogP contribution in [0.2, 0.25) is 0 Å². The standard InChI is InChI=1S/C10H12N2O2/c11-7-9-3-1-8(2-4-9)5-6-10(13)12-14/h1-6,14H,7,11H2,(H,12,13)/b6-5+. The predicted octanol–water partition coefficient (Wildman–Crippen LogP) is 0.664. The SMILES string of the molecule is NCc1ccc(/C=C/C(=O)NO)cc1. The molecular weight excluding hydrogens is 180 g/mol. The molecule has 0 radical (unpaired) electrons. The number of rotatable bonds is 3. The molecular formula is C10H12N2O2. The summed E-state index contributed by atoms with van der Waals surface area (Å²) in [6.07, 6.45) is 2.85. The molecule has 4 heteroatoms. The zero-order valence-electron chi connectivity index (χ0n) is 7.60. The number of hydroxylamine groups is 1. The van der Waals surface area contributed by atoms with Crippen LogP contribution in [0.3, 0.4) is 0 Å². The van der Waals surface area contributed by atoms with E-state index in [0.29, 0.717) is 6.54 Å². The Kier molecular flexibility index (Phi) is 3.84. The summed E-state index contributed by atoms with van der Waals surface area (Å²) >= 11 is 0. The van der Waals surface area contributed by atoms with Crippen molar-refractivity contribution < 1.29 is 10.0 Å². The monoisotopic (exact) mass is 192 g/mol. The van der Waals surface area contributed by atoms with Gasteiger partial charge in [0.15, 0.2) is 0 Å². The summed E-state index contributed by atoms with van der Waals surface area (Å²) in [6.45, 7) is 0.501. The number of nitrogens with one attached hydrogen (secondary N) is 1. The van der Waals surface area contributed by atoms with Crippen LogP contribution in [0.1, 0.15) is 11.1 Å². The fraction of sp³-hybridized carbons (Fsp3) is 0.100. The minimum Gasteiger partial charge on any atom is -0.326 e. The molecule has 1 amide bonds. The number of amides is 1. The minimum absolute atomic E-state index is 0.501. The molecule has 0 spiro atoms. The second kappa shape index (κ2) is 5.16. The lowest BCUT2D eigenvalue weighted by Crippen LogP contribution is -2.14. The van der Waals surface area contributed by atoms with Gasteiger partial charge in [0.2, 0.25) is 0 Å². The molecule has 0 bridgehead atoms. The lowest BCUT2D eigenvalue weighted by molar-refractivity contribution is -0.124. The Hall–Kier alpha value is -1.65. The van der Waals surface area contributed by atoms with Gasteiger partial charge in [-0.15, -0.1) is 0 Å². The third-order valence-corrected chi connectivity index (χ3v) is 1.75. The molecule has 1 aromatic rings. The van der Waals surface area contributed by atoms with E-state index in [9.17, 15) is 4.79 Å². The predicted molar refractivity (Wildman–Crippen MR) is 53.3 cm³/mol. The first-order valence-electron chi connectivity index (χ1n) is 4.17. The average Bonchev–Trinajstić information content (AvgIpc) is 2.26. The Morgan fingerprint density at radius 2 is 2.07 bits per heavy atom. The molecule has 1 aromatic carbocycles. The van der Waals surface area contributed by atoms with E-state index >= 15 is 0 Å². The molecule has 74 valence electrons. The van der Waals surface area contributed by atoms with Crippen LogP contribution in [-0.4, -0.2) is 11.1 Å². The van der Waals surface area contributed by atoms with Crippen LogP contribution in [-0.2, 0) is 11.3 Å². The molecule has 4 nitrogen and oxygen atoms in total. The van der Waals surface area contributed by atoms with Crippen molar-refractivity contribution >= 4 is 12.0 Å². The number of nitrogens with two attached hydrogens (primary N) is 1. The van der Waals surface area contributed by atoms with E-state index in [1.54, 1.807) is 6.08 Å². The fourth-order valence-corrected chi connectivity index (χ4v) is 0.974. The third kappa shape index (κ3) is 3.01. The second-order valence-corrected chi connectivity index (χ2v) is 2.76. The summed E-state index contributed by atoms with van der Waals surface area (Å²) in [5, 5.41) is 8.23. The molecule has 14 heavy (non-hydrogen) atoms. The highest BCUT2D eigenvalue weighted by molar-refractivity contribution is 5.90. The van der Waals surface area contributed by atoms with Gasteiger partial charge in [-0.25, -0.2) is 5.48 Å². The van der Waals surface area contributed by atoms with Crippen LogP contribution in [0, 0.1) is 0 Å². The number of carbonyl (C=O) groups excluding carboxylic acids is 1. The summed E-state index contributed by atoms with van der Waals surface area (Å²) < 4.78 is 0. The van der Waals surface area contributed by atoms with Crippen LogP contribution in [0.25, 0.3) is 6.08 Å². The van der Waals surface area contributed by atoms with Crippen molar-refractivity contribution in [1.29, 1.82) is 0 Å². The maximum Gasteiger partial charge on any atom is 0.267 e. The summed E-state index contributed by atoms with van der Waals surface area (Å²) in [6, 6.07) is 7.47. The first-order chi connectivity index (χ1) is 6.76. The lowest BCUT2D eigenvalue weighted by Gasteiger charge is -1.96. The van der Waals surface area contributed by atoms with Crippen molar-refractivity contribution in [3.63, 3.8) is 0 Å². The molecule has 0 saturated carbocycles. The highest BCUT2D eigenvalue weighted by atomic mass is 16.5. The van der Waals surface area contributed by atoms with Gasteiger partial charge in [0.05, 0.1) is 0 Å². The zero-order valence-corrected chi connectivity index (χ0v) is 7.60. The number of hydrogen-bond donors (Lipinski definition) is 3. The van der Waals surface area contributed by atoms with E-state index in [2.05, 4.69) is 0 Å². The van der Waals surface area contributed by atoms with Crippen LogP contribution in [0.4, 0.5) is 0 Å². The molecule has 0 aliphatic rings. The number of carbonyl (C=O) groups is 1. The largest absolute Gasteiger partial charge is 0.326 e. The highest BCUT2D eigenvalue weighted by Crippen LogP contribution is 2.05. The topological polar surface area (TPSA) is 75.4 Å². The fourth-order valence-electron chi connectivity index (χ4n) is 0.974. The highest BCUT2D eigenvalue weighted by Gasteiger charge is 1.91. The van der Waals surface area contributed by atoms with Gasteiger partial charge in [0.25, 0.3) is 5.91 Å². The Labute approximate surface area is 82.0 Å². The van der Waals surface area contributed by atoms with E-state index in [-0.39, 0.29) is 0 Å². The van der Waals surface area contributed by atoms with E-state index in [1.165, 1.54) is 11.6 Å². The molecule has 0 fully saturated rings. The number of hydrogen-bond acceptors (Lipinski definition) is 3. The van der Waals surface area contributed by atoms with Crippen molar-refractivity contribution in [1.82, 2.24) is 5.48 Å². The number of benzene rings is 1. The molecule has 0 aromatic heterocycles. The van der Waals surface area contributed by atoms with Crippen LogP contribution >= 0.6 is 0 Å². The van der Waals surface area contributed by atoms with E-state index in [0.717, 1.165) is 11.1 Å². The Balaban J connectivity index is 2.68. The molecule has 0 aliphatic heterocycles. The van der Waals surface area contributed by atoms with Crippen molar-refractivity contribution in [3.05, 3.63) is 41.5 Å². The Morgan fingerprint density at radius 1 is 1.43 bits per heavy atom. The summed E-state index contributed by atoms with van der Waals surface area (Å²) in [5.41, 5.74) is 8.86. The van der Waals surface area contributed by atoms with Crippen molar-refractivity contribution in [2.75, 3.05) is 0 Å². The normalized spacial score (nSPS) is 10.4. The van der Waals surface area contributed by atoms with Gasteiger partial charge in [-0.1, -0.05) is 24.3 Å². The van der Waals surface area contributed by atoms with Gasteiger partial charge in [-0.3, -0.25) is 10.0 Å². The quantitative estimate of drug-likeness (QED) is 0.374. The lowest BCUT2D eigenvalue weighted by atomic mass is 10.1. The van der Waals surface area contributed by atoms with E-state index in [4.69, 9.17) is 10.9 Å². The van der Waals surface area contributed by atoms with E-state index in [1.807, 2.05) is 24.3 Å². The first kappa shape index (κ1) is 10.4. The van der Waals surface area contributed by atoms with E-state index < -0.39 is 5.91 Å². The molecule has 4 N–H and O–H groups in total. The van der Waals surface area contributed by atoms with Gasteiger partial charge in [-0.2, -0.15) is 0 Å².